The molecular weight excluding hydrogens is 166 g/mol. The van der Waals surface area contributed by atoms with Gasteiger partial charge in [-0.1, -0.05) is 12.8 Å². The zero-order chi connectivity index (χ0) is 9.10. The van der Waals surface area contributed by atoms with E-state index in [2.05, 4.69) is 4.90 Å². The molecule has 0 aromatic rings. The Bertz CT molecular complexity index is 153. The van der Waals surface area contributed by atoms with E-state index in [9.17, 15) is 0 Å². The maximum Gasteiger partial charge on any atom is 0.0936 e. The lowest BCUT2D eigenvalue weighted by molar-refractivity contribution is 0.141. The van der Waals surface area contributed by atoms with Crippen LogP contribution in [-0.2, 0) is 4.74 Å². The third kappa shape index (κ3) is 2.66. The Labute approximate surface area is 79.7 Å². The van der Waals surface area contributed by atoms with Gasteiger partial charge < -0.3 is 9.84 Å². The summed E-state index contributed by atoms with van der Waals surface area (Å²) < 4.78 is 5.22. The molecule has 2 aliphatic rings. The van der Waals surface area contributed by atoms with E-state index in [-0.39, 0.29) is 6.61 Å². The van der Waals surface area contributed by atoms with Gasteiger partial charge in [0.2, 0.25) is 0 Å². The molecule has 1 heterocycles. The Morgan fingerprint density at radius 1 is 1.31 bits per heavy atom. The van der Waals surface area contributed by atoms with Crippen LogP contribution in [0.4, 0.5) is 0 Å². The molecule has 1 aliphatic carbocycles. The van der Waals surface area contributed by atoms with E-state index < -0.39 is 0 Å². The van der Waals surface area contributed by atoms with Gasteiger partial charge in [-0.15, -0.1) is 0 Å². The number of hydrogen-bond acceptors (Lipinski definition) is 3. The molecular formula is C10H19NO2. The van der Waals surface area contributed by atoms with Crippen molar-refractivity contribution in [1.29, 1.82) is 0 Å². The monoisotopic (exact) mass is 185 g/mol. The minimum Gasteiger partial charge on any atom is -0.395 e. The topological polar surface area (TPSA) is 36.0 Å². The molecule has 0 aromatic carbocycles. The molecule has 3 nitrogen and oxygen atoms in total. The number of aliphatic hydroxyl groups is 1. The molecule has 0 amide bonds. The zero-order valence-electron chi connectivity index (χ0n) is 8.11. The van der Waals surface area contributed by atoms with Gasteiger partial charge in [0, 0.05) is 19.1 Å². The number of nitrogens with zero attached hydrogens (tertiary/aromatic N) is 1. The first-order valence-corrected chi connectivity index (χ1v) is 5.36. The second-order valence-electron chi connectivity index (χ2n) is 4.11. The van der Waals surface area contributed by atoms with E-state index in [4.69, 9.17) is 9.84 Å². The SMILES string of the molecule is OCCN(CC1CO1)C1CCCC1. The Balaban J connectivity index is 1.79. The molecule has 1 saturated heterocycles. The molecule has 3 heteroatoms. The quantitative estimate of drug-likeness (QED) is 0.638. The molecule has 0 radical (unpaired) electrons. The summed E-state index contributed by atoms with van der Waals surface area (Å²) in [4.78, 5) is 2.41. The molecule has 1 N–H and O–H groups in total. The van der Waals surface area contributed by atoms with Crippen LogP contribution in [0.15, 0.2) is 0 Å². The first-order valence-electron chi connectivity index (χ1n) is 5.36. The number of aliphatic hydroxyl groups excluding tert-OH is 1. The molecule has 0 spiro atoms. The fourth-order valence-electron chi connectivity index (χ4n) is 2.26. The van der Waals surface area contributed by atoms with E-state index >= 15 is 0 Å². The van der Waals surface area contributed by atoms with Crippen molar-refractivity contribution in [2.45, 2.75) is 37.8 Å². The molecule has 2 rings (SSSR count). The van der Waals surface area contributed by atoms with Crippen molar-refractivity contribution in [3.8, 4) is 0 Å². The minimum absolute atomic E-state index is 0.281. The molecule has 1 unspecified atom stereocenters. The van der Waals surface area contributed by atoms with Gasteiger partial charge in [-0.2, -0.15) is 0 Å². The first-order chi connectivity index (χ1) is 6.40. The van der Waals surface area contributed by atoms with Crippen LogP contribution in [0.5, 0.6) is 0 Å². The van der Waals surface area contributed by atoms with E-state index in [1.165, 1.54) is 25.7 Å². The highest BCUT2D eigenvalue weighted by molar-refractivity contribution is 4.82. The van der Waals surface area contributed by atoms with Crippen molar-refractivity contribution in [1.82, 2.24) is 4.90 Å². The third-order valence-corrected chi connectivity index (χ3v) is 3.07. The van der Waals surface area contributed by atoms with Gasteiger partial charge in [-0.3, -0.25) is 4.90 Å². The molecule has 76 valence electrons. The Morgan fingerprint density at radius 3 is 2.54 bits per heavy atom. The fraction of sp³-hybridized carbons (Fsp3) is 1.00. The predicted molar refractivity (Wildman–Crippen MR) is 50.7 cm³/mol. The molecule has 1 aliphatic heterocycles. The van der Waals surface area contributed by atoms with Gasteiger partial charge in [-0.25, -0.2) is 0 Å². The van der Waals surface area contributed by atoms with Crippen LogP contribution in [0, 0.1) is 0 Å². The van der Waals surface area contributed by atoms with Crippen molar-refractivity contribution in [2.24, 2.45) is 0 Å². The number of rotatable bonds is 5. The van der Waals surface area contributed by atoms with Crippen LogP contribution < -0.4 is 0 Å². The summed E-state index contributed by atoms with van der Waals surface area (Å²) in [6.45, 7) is 3.06. The van der Waals surface area contributed by atoms with Crippen molar-refractivity contribution in [3.05, 3.63) is 0 Å². The van der Waals surface area contributed by atoms with Crippen LogP contribution in [0.1, 0.15) is 25.7 Å². The molecule has 13 heavy (non-hydrogen) atoms. The Morgan fingerprint density at radius 2 is 2.00 bits per heavy atom. The zero-order valence-corrected chi connectivity index (χ0v) is 8.11. The highest BCUT2D eigenvalue weighted by atomic mass is 16.6. The van der Waals surface area contributed by atoms with Crippen LogP contribution in [0.25, 0.3) is 0 Å². The number of epoxide rings is 1. The lowest BCUT2D eigenvalue weighted by Crippen LogP contribution is -2.38. The summed E-state index contributed by atoms with van der Waals surface area (Å²) in [6, 6.07) is 0.719. The summed E-state index contributed by atoms with van der Waals surface area (Å²) in [6.07, 6.45) is 5.81. The summed E-state index contributed by atoms with van der Waals surface area (Å²) in [5, 5.41) is 8.95. The van der Waals surface area contributed by atoms with Crippen molar-refractivity contribution in [2.75, 3.05) is 26.3 Å². The largest absolute Gasteiger partial charge is 0.395 e. The average Bonchev–Trinajstić information content (AvgIpc) is 2.80. The second kappa shape index (κ2) is 4.40. The summed E-state index contributed by atoms with van der Waals surface area (Å²) in [5.74, 6) is 0. The van der Waals surface area contributed by atoms with Crippen LogP contribution in [-0.4, -0.2) is 48.5 Å². The average molecular weight is 185 g/mol. The van der Waals surface area contributed by atoms with Crippen molar-refractivity contribution in [3.63, 3.8) is 0 Å². The van der Waals surface area contributed by atoms with Crippen LogP contribution in [0.2, 0.25) is 0 Å². The molecule has 0 bridgehead atoms. The van der Waals surface area contributed by atoms with E-state index in [0.29, 0.717) is 6.10 Å². The highest BCUT2D eigenvalue weighted by Gasteiger charge is 2.29. The maximum absolute atomic E-state index is 8.95. The van der Waals surface area contributed by atoms with Gasteiger partial charge >= 0.3 is 0 Å². The maximum atomic E-state index is 8.95. The van der Waals surface area contributed by atoms with Gasteiger partial charge in [0.25, 0.3) is 0 Å². The number of hydrogen-bond donors (Lipinski definition) is 1. The third-order valence-electron chi connectivity index (χ3n) is 3.07. The number of ether oxygens (including phenoxy) is 1. The summed E-state index contributed by atoms with van der Waals surface area (Å²) in [7, 11) is 0. The predicted octanol–water partition coefficient (Wildman–Crippen LogP) is 0.622. The van der Waals surface area contributed by atoms with Gasteiger partial charge in [0.15, 0.2) is 0 Å². The lowest BCUT2D eigenvalue weighted by Gasteiger charge is -2.27. The molecule has 2 fully saturated rings. The van der Waals surface area contributed by atoms with Gasteiger partial charge in [-0.05, 0) is 12.8 Å². The minimum atomic E-state index is 0.281. The smallest absolute Gasteiger partial charge is 0.0936 e. The summed E-state index contributed by atoms with van der Waals surface area (Å²) in [5.41, 5.74) is 0. The fourth-order valence-corrected chi connectivity index (χ4v) is 2.26. The molecule has 0 aromatic heterocycles. The molecule has 1 atom stereocenters. The van der Waals surface area contributed by atoms with Crippen LogP contribution in [0.3, 0.4) is 0 Å². The van der Waals surface area contributed by atoms with Gasteiger partial charge in [0.1, 0.15) is 0 Å². The van der Waals surface area contributed by atoms with Crippen LogP contribution >= 0.6 is 0 Å². The lowest BCUT2D eigenvalue weighted by atomic mass is 10.2. The van der Waals surface area contributed by atoms with Crippen molar-refractivity contribution >= 4 is 0 Å². The second-order valence-corrected chi connectivity index (χ2v) is 4.11. The van der Waals surface area contributed by atoms with E-state index in [0.717, 1.165) is 25.7 Å². The van der Waals surface area contributed by atoms with Gasteiger partial charge in [0.05, 0.1) is 19.3 Å². The van der Waals surface area contributed by atoms with E-state index in [1.807, 2.05) is 0 Å². The molecule has 1 saturated carbocycles. The standard InChI is InChI=1S/C10H19NO2/c12-6-5-11(7-10-8-13-10)9-3-1-2-4-9/h9-10,12H,1-8H2. The highest BCUT2D eigenvalue weighted by Crippen LogP contribution is 2.24. The normalized spacial score (nSPS) is 28.6. The van der Waals surface area contributed by atoms with Crippen molar-refractivity contribution < 1.29 is 9.84 Å². The Kier molecular flexibility index (Phi) is 3.19. The Hall–Kier alpha value is -0.120. The first kappa shape index (κ1) is 9.44. The summed E-state index contributed by atoms with van der Waals surface area (Å²) >= 11 is 0. The van der Waals surface area contributed by atoms with E-state index in [1.54, 1.807) is 0 Å².